The summed E-state index contributed by atoms with van der Waals surface area (Å²) < 4.78 is 15.5. The van der Waals surface area contributed by atoms with Crippen LogP contribution in [0.15, 0.2) is 47.4 Å². The lowest BCUT2D eigenvalue weighted by Crippen LogP contribution is -2.19. The minimum Gasteiger partial charge on any atom is -0.481 e. The molecule has 0 saturated heterocycles. The highest BCUT2D eigenvalue weighted by atomic mass is 19.1. The summed E-state index contributed by atoms with van der Waals surface area (Å²) in [6, 6.07) is 8.39. The van der Waals surface area contributed by atoms with E-state index in [4.69, 9.17) is 10.2 Å². The third-order valence-electron chi connectivity index (χ3n) is 4.28. The van der Waals surface area contributed by atoms with E-state index in [2.05, 4.69) is 5.32 Å². The van der Waals surface area contributed by atoms with E-state index < -0.39 is 42.1 Å². The molecule has 1 aliphatic rings. The third kappa shape index (κ3) is 3.16. The van der Waals surface area contributed by atoms with Crippen molar-refractivity contribution in [3.63, 3.8) is 0 Å². The number of anilines is 1. The van der Waals surface area contributed by atoms with Gasteiger partial charge < -0.3 is 15.5 Å². The monoisotopic (exact) mass is 346 g/mol. The lowest BCUT2D eigenvalue weighted by Gasteiger charge is -2.09. The minimum atomic E-state index is -1.17. The maximum atomic E-state index is 14.3. The molecule has 8 heteroatoms. The lowest BCUT2D eigenvalue weighted by atomic mass is 10.2. The molecule has 3 atom stereocenters. The lowest BCUT2D eigenvalue weighted by molar-refractivity contribution is -0.140. The Kier molecular flexibility index (Phi) is 4.37. The van der Waals surface area contributed by atoms with Crippen LogP contribution in [0.2, 0.25) is 0 Å². The first kappa shape index (κ1) is 16.8. The summed E-state index contributed by atoms with van der Waals surface area (Å²) in [6.45, 7) is -0.423. The van der Waals surface area contributed by atoms with Crippen LogP contribution < -0.4 is 10.9 Å². The van der Waals surface area contributed by atoms with Crippen molar-refractivity contribution in [1.82, 2.24) is 4.57 Å². The maximum absolute atomic E-state index is 14.3. The van der Waals surface area contributed by atoms with Crippen molar-refractivity contribution in [3.8, 4) is 5.69 Å². The smallest absolute Gasteiger partial charge is 0.307 e. The summed E-state index contributed by atoms with van der Waals surface area (Å²) in [4.78, 5) is 34.9. The summed E-state index contributed by atoms with van der Waals surface area (Å²) in [5.74, 6) is -5.10. The Morgan fingerprint density at radius 1 is 1.20 bits per heavy atom. The number of carbonyl (C=O) groups is 2. The van der Waals surface area contributed by atoms with Gasteiger partial charge in [-0.15, -0.1) is 0 Å². The summed E-state index contributed by atoms with van der Waals surface area (Å²) in [5.41, 5.74) is -0.151. The van der Waals surface area contributed by atoms with Crippen molar-refractivity contribution in [1.29, 1.82) is 0 Å². The fourth-order valence-electron chi connectivity index (χ4n) is 2.91. The van der Waals surface area contributed by atoms with Crippen LogP contribution in [0.3, 0.4) is 0 Å². The van der Waals surface area contributed by atoms with Gasteiger partial charge in [0.05, 0.1) is 23.2 Å². The van der Waals surface area contributed by atoms with Gasteiger partial charge in [-0.2, -0.15) is 0 Å². The van der Waals surface area contributed by atoms with E-state index in [-0.39, 0.29) is 11.2 Å². The quantitative estimate of drug-likeness (QED) is 0.744. The van der Waals surface area contributed by atoms with Crippen LogP contribution in [-0.2, 0) is 9.59 Å². The number of hydrogen-bond acceptors (Lipinski definition) is 4. The average molecular weight is 346 g/mol. The van der Waals surface area contributed by atoms with Gasteiger partial charge in [-0.05, 0) is 18.2 Å². The zero-order valence-electron chi connectivity index (χ0n) is 12.9. The molecular weight excluding hydrogens is 331 g/mol. The maximum Gasteiger partial charge on any atom is 0.307 e. The Labute approximate surface area is 141 Å². The zero-order valence-corrected chi connectivity index (χ0v) is 12.9. The molecule has 1 aliphatic carbocycles. The normalized spacial score (nSPS) is 21.6. The Balaban J connectivity index is 1.79. The van der Waals surface area contributed by atoms with Crippen LogP contribution >= 0.6 is 0 Å². The first-order valence-corrected chi connectivity index (χ1v) is 7.56. The van der Waals surface area contributed by atoms with Gasteiger partial charge in [0.2, 0.25) is 5.91 Å². The van der Waals surface area contributed by atoms with Crippen molar-refractivity contribution in [2.75, 3.05) is 11.9 Å². The van der Waals surface area contributed by atoms with Crippen LogP contribution in [0.5, 0.6) is 0 Å². The Hall–Kier alpha value is -3.00. The molecule has 1 saturated carbocycles. The SMILES string of the molecule is O=C(O)C1C(CO)C1C(=O)Nc1ccc(-n2ccccc2=O)cc1F. The molecule has 1 aromatic carbocycles. The van der Waals surface area contributed by atoms with Crippen molar-refractivity contribution >= 4 is 17.6 Å². The van der Waals surface area contributed by atoms with Crippen molar-refractivity contribution in [3.05, 3.63) is 58.8 Å². The second kappa shape index (κ2) is 6.48. The van der Waals surface area contributed by atoms with Crippen molar-refractivity contribution in [2.45, 2.75) is 0 Å². The van der Waals surface area contributed by atoms with E-state index in [0.29, 0.717) is 5.69 Å². The topological polar surface area (TPSA) is 109 Å². The van der Waals surface area contributed by atoms with E-state index in [1.165, 1.54) is 29.0 Å². The van der Waals surface area contributed by atoms with Gasteiger partial charge in [0.25, 0.3) is 5.56 Å². The number of hydrogen-bond donors (Lipinski definition) is 3. The van der Waals surface area contributed by atoms with Crippen LogP contribution in [0, 0.1) is 23.6 Å². The molecule has 1 fully saturated rings. The van der Waals surface area contributed by atoms with Gasteiger partial charge in [-0.25, -0.2) is 4.39 Å². The largest absolute Gasteiger partial charge is 0.481 e. The highest BCUT2D eigenvalue weighted by molar-refractivity contribution is 5.99. The number of rotatable bonds is 5. The van der Waals surface area contributed by atoms with Crippen LogP contribution in [0.25, 0.3) is 5.69 Å². The van der Waals surface area contributed by atoms with Crippen molar-refractivity contribution < 1.29 is 24.2 Å². The summed E-state index contributed by atoms with van der Waals surface area (Å²) in [7, 11) is 0. The number of benzene rings is 1. The molecule has 1 aromatic heterocycles. The molecule has 3 rings (SSSR count). The minimum absolute atomic E-state index is 0.120. The highest BCUT2D eigenvalue weighted by Crippen LogP contribution is 2.46. The molecule has 130 valence electrons. The van der Waals surface area contributed by atoms with Gasteiger partial charge in [-0.1, -0.05) is 6.07 Å². The number of amides is 1. The van der Waals surface area contributed by atoms with Gasteiger partial charge >= 0.3 is 5.97 Å². The molecule has 25 heavy (non-hydrogen) atoms. The third-order valence-corrected chi connectivity index (χ3v) is 4.28. The Morgan fingerprint density at radius 3 is 2.52 bits per heavy atom. The number of aromatic nitrogens is 1. The summed E-state index contributed by atoms with van der Waals surface area (Å²) in [5, 5.41) is 20.4. The molecule has 1 amide bonds. The highest BCUT2D eigenvalue weighted by Gasteiger charge is 2.58. The van der Waals surface area contributed by atoms with E-state index >= 15 is 0 Å². The molecule has 1 heterocycles. The van der Waals surface area contributed by atoms with Gasteiger partial charge in [0.1, 0.15) is 5.82 Å². The molecular formula is C17H15FN2O5. The molecule has 7 nitrogen and oxygen atoms in total. The van der Waals surface area contributed by atoms with Crippen LogP contribution in [0.1, 0.15) is 0 Å². The van der Waals surface area contributed by atoms with Gasteiger partial charge in [0.15, 0.2) is 0 Å². The number of nitrogens with one attached hydrogen (secondary N) is 1. The fourth-order valence-corrected chi connectivity index (χ4v) is 2.91. The Morgan fingerprint density at radius 2 is 1.96 bits per heavy atom. The number of aliphatic hydroxyl groups excluding tert-OH is 1. The number of aliphatic hydroxyl groups is 1. The first-order valence-electron chi connectivity index (χ1n) is 7.56. The average Bonchev–Trinajstić information content (AvgIpc) is 3.32. The molecule has 2 aromatic rings. The number of halogens is 1. The standard InChI is InChI=1S/C17H15FN2O5/c18-11-7-9(20-6-2-1-3-13(20)22)4-5-12(11)19-16(23)14-10(8-21)15(14)17(24)25/h1-7,10,14-15,21H,8H2,(H,19,23)(H,24,25). The predicted molar refractivity (Wildman–Crippen MR) is 85.8 cm³/mol. The molecule has 0 bridgehead atoms. The first-order chi connectivity index (χ1) is 11.9. The van der Waals surface area contributed by atoms with E-state index in [1.807, 2.05) is 0 Å². The molecule has 0 spiro atoms. The van der Waals surface area contributed by atoms with E-state index in [0.717, 1.165) is 6.07 Å². The van der Waals surface area contributed by atoms with Gasteiger partial charge in [-0.3, -0.25) is 19.0 Å². The number of carboxylic acids is 1. The van der Waals surface area contributed by atoms with E-state index in [9.17, 15) is 18.8 Å². The predicted octanol–water partition coefficient (Wildman–Crippen LogP) is 0.854. The molecule has 0 aliphatic heterocycles. The molecule has 3 N–H and O–H groups in total. The molecule has 3 unspecified atom stereocenters. The fraction of sp³-hybridized carbons (Fsp3) is 0.235. The zero-order chi connectivity index (χ0) is 18.1. The number of carbonyl (C=O) groups excluding carboxylic acids is 1. The van der Waals surface area contributed by atoms with Gasteiger partial charge in [0, 0.05) is 30.9 Å². The number of nitrogens with zero attached hydrogens (tertiary/aromatic N) is 1. The Bertz CT molecular complexity index is 895. The molecule has 0 radical (unpaired) electrons. The number of aliphatic carboxylic acids is 1. The summed E-state index contributed by atoms with van der Waals surface area (Å²) >= 11 is 0. The second-order valence-electron chi connectivity index (χ2n) is 5.80. The van der Waals surface area contributed by atoms with E-state index in [1.54, 1.807) is 12.1 Å². The van der Waals surface area contributed by atoms with Crippen LogP contribution in [-0.4, -0.2) is 33.3 Å². The second-order valence-corrected chi connectivity index (χ2v) is 5.80. The number of pyridine rings is 1. The van der Waals surface area contributed by atoms with Crippen molar-refractivity contribution in [2.24, 2.45) is 17.8 Å². The number of carboxylic acid groups (broad SMARTS) is 1. The summed E-state index contributed by atoms with van der Waals surface area (Å²) in [6.07, 6.45) is 1.49. The van der Waals surface area contributed by atoms with Crippen LogP contribution in [0.4, 0.5) is 10.1 Å².